The second kappa shape index (κ2) is 12.0. The summed E-state index contributed by atoms with van der Waals surface area (Å²) < 4.78 is 0. The molecule has 154 valence electrons. The van der Waals surface area contributed by atoms with Crippen molar-refractivity contribution in [1.82, 2.24) is 0 Å². The summed E-state index contributed by atoms with van der Waals surface area (Å²) in [4.78, 5) is 9.79. The number of aryl methyl sites for hydroxylation is 4. The first-order valence-electron chi connectivity index (χ1n) is 10.4. The molecule has 0 atom stereocenters. The molecule has 2 rings (SSSR count). The summed E-state index contributed by atoms with van der Waals surface area (Å²) >= 11 is 0. The average Bonchev–Trinajstić information content (AvgIpc) is 2.71. The monoisotopic (exact) mass is 420 g/mol. The first-order valence-corrected chi connectivity index (χ1v) is 10.4. The van der Waals surface area contributed by atoms with E-state index in [1.165, 1.54) is 22.3 Å². The molecule has 2 nitrogen and oxygen atoms in total. The van der Waals surface area contributed by atoms with Gasteiger partial charge in [0.25, 0.3) is 0 Å². The fraction of sp³-hybridized carbons (Fsp3) is 0.440. The third-order valence-electron chi connectivity index (χ3n) is 5.22. The van der Waals surface area contributed by atoms with Gasteiger partial charge in [-0.2, -0.15) is 0 Å². The van der Waals surface area contributed by atoms with Crippen LogP contribution in [0.15, 0.2) is 46.4 Å². The molecule has 0 saturated heterocycles. The van der Waals surface area contributed by atoms with Crippen LogP contribution in [0.25, 0.3) is 0 Å². The molecule has 28 heavy (non-hydrogen) atoms. The van der Waals surface area contributed by atoms with Gasteiger partial charge >= 0.3 is 0 Å². The van der Waals surface area contributed by atoms with Crippen LogP contribution in [0.1, 0.15) is 70.2 Å². The van der Waals surface area contributed by atoms with Crippen molar-refractivity contribution in [3.05, 3.63) is 58.7 Å². The molecule has 0 aliphatic rings. The fourth-order valence-electron chi connectivity index (χ4n) is 3.54. The van der Waals surface area contributed by atoms with Gasteiger partial charge in [0.2, 0.25) is 0 Å². The molecule has 0 bridgehead atoms. The van der Waals surface area contributed by atoms with Crippen molar-refractivity contribution < 1.29 is 16.5 Å². The van der Waals surface area contributed by atoms with Gasteiger partial charge in [0.1, 0.15) is 0 Å². The van der Waals surface area contributed by atoms with E-state index in [1.807, 2.05) is 0 Å². The third-order valence-corrected chi connectivity index (χ3v) is 5.22. The molecule has 0 aliphatic heterocycles. The molecule has 0 fully saturated rings. The van der Waals surface area contributed by atoms with Crippen LogP contribution in [0.5, 0.6) is 0 Å². The molecule has 0 saturated carbocycles. The summed E-state index contributed by atoms with van der Waals surface area (Å²) in [5, 5.41) is 0. The molecule has 2 aromatic carbocycles. The first kappa shape index (κ1) is 24.3. The maximum absolute atomic E-state index is 4.92. The van der Waals surface area contributed by atoms with Crippen molar-refractivity contribution in [2.24, 2.45) is 9.98 Å². The molecule has 0 aromatic heterocycles. The number of rotatable bonds is 8. The topological polar surface area (TPSA) is 24.7 Å². The minimum absolute atomic E-state index is 0. The van der Waals surface area contributed by atoms with E-state index in [9.17, 15) is 0 Å². The molecule has 0 amide bonds. The Labute approximate surface area is 181 Å². The van der Waals surface area contributed by atoms with Gasteiger partial charge in [0, 0.05) is 16.5 Å². The summed E-state index contributed by atoms with van der Waals surface area (Å²) in [6.45, 7) is 13.1. The van der Waals surface area contributed by atoms with Gasteiger partial charge in [-0.3, -0.25) is 9.98 Å². The predicted molar refractivity (Wildman–Crippen MR) is 121 cm³/mol. The number of nitrogens with zero attached hydrogens (tertiary/aromatic N) is 2. The van der Waals surface area contributed by atoms with E-state index in [-0.39, 0.29) is 16.5 Å². The average molecular weight is 421 g/mol. The molecule has 0 unspecified atom stereocenters. The van der Waals surface area contributed by atoms with Crippen LogP contribution in [0, 0.1) is 0 Å². The van der Waals surface area contributed by atoms with Gasteiger partial charge < -0.3 is 0 Å². The van der Waals surface area contributed by atoms with Gasteiger partial charge in [0.15, 0.2) is 0 Å². The van der Waals surface area contributed by atoms with Crippen LogP contribution in [0.4, 0.5) is 11.4 Å². The van der Waals surface area contributed by atoms with E-state index < -0.39 is 0 Å². The van der Waals surface area contributed by atoms with Crippen molar-refractivity contribution in [3.8, 4) is 0 Å². The molecule has 2 aromatic rings. The molecule has 0 aliphatic carbocycles. The van der Waals surface area contributed by atoms with E-state index in [2.05, 4.69) is 77.9 Å². The van der Waals surface area contributed by atoms with Crippen LogP contribution in [-0.4, -0.2) is 11.4 Å². The maximum Gasteiger partial charge on any atom is 0.0636 e. The quantitative estimate of drug-likeness (QED) is 0.318. The molecule has 0 heterocycles. The Bertz CT molecular complexity index is 834. The Balaban J connectivity index is 0.00000392. The summed E-state index contributed by atoms with van der Waals surface area (Å²) in [6, 6.07) is 13.1. The first-order chi connectivity index (χ1) is 13.1. The van der Waals surface area contributed by atoms with Crippen molar-refractivity contribution in [2.45, 2.75) is 73.6 Å². The van der Waals surface area contributed by atoms with Crippen LogP contribution in [0.2, 0.25) is 0 Å². The number of hydrogen-bond acceptors (Lipinski definition) is 2. The zero-order valence-electron chi connectivity index (χ0n) is 18.2. The molecule has 0 radical (unpaired) electrons. The van der Waals surface area contributed by atoms with Crippen molar-refractivity contribution in [2.75, 3.05) is 0 Å². The summed E-state index contributed by atoms with van der Waals surface area (Å²) in [6.07, 6.45) is 5.11. The third kappa shape index (κ3) is 6.14. The zero-order chi connectivity index (χ0) is 19.8. The maximum atomic E-state index is 4.92. The second-order valence-corrected chi connectivity index (χ2v) is 6.93. The molecule has 0 spiro atoms. The number of aliphatic imine (C=N–C) groups is 2. The van der Waals surface area contributed by atoms with Gasteiger partial charge in [-0.1, -0.05) is 46.8 Å². The van der Waals surface area contributed by atoms with E-state index in [4.69, 9.17) is 9.98 Å². The molecular formula is C25H34N2Ni. The normalized spacial score (nSPS) is 12.1. The molecule has 0 N–H and O–H groups in total. The van der Waals surface area contributed by atoms with Gasteiger partial charge in [0.05, 0.1) is 22.8 Å². The molecular weight excluding hydrogens is 387 g/mol. The Kier molecular flexibility index (Phi) is 10.4. The van der Waals surface area contributed by atoms with Crippen molar-refractivity contribution >= 4 is 22.8 Å². The molecule has 3 heteroatoms. The Morgan fingerprint density at radius 2 is 1.07 bits per heavy atom. The second-order valence-electron chi connectivity index (χ2n) is 6.93. The van der Waals surface area contributed by atoms with Crippen molar-refractivity contribution in [3.63, 3.8) is 0 Å². The number of hydrogen-bond donors (Lipinski definition) is 0. The summed E-state index contributed by atoms with van der Waals surface area (Å²) in [5.74, 6) is 0. The Morgan fingerprint density at radius 3 is 1.46 bits per heavy atom. The van der Waals surface area contributed by atoms with E-state index >= 15 is 0 Å². The van der Waals surface area contributed by atoms with E-state index in [0.717, 1.165) is 54.9 Å². The standard InChI is InChI=1S/C25H34N2.Ni/c1-7-19-12-14-23(16-21(19)9-3)26-18(6)25(11-5)27-24-15-13-20(8-2)22(10-4)17-24;/h12-17H,7-11H2,1-6H3;/b26-18+,27-25+;. The van der Waals surface area contributed by atoms with Crippen molar-refractivity contribution in [1.29, 1.82) is 0 Å². The van der Waals surface area contributed by atoms with E-state index in [1.54, 1.807) is 0 Å². The van der Waals surface area contributed by atoms with Crippen LogP contribution < -0.4 is 0 Å². The summed E-state index contributed by atoms with van der Waals surface area (Å²) in [7, 11) is 0. The largest absolute Gasteiger partial charge is 0.252 e. The van der Waals surface area contributed by atoms with Gasteiger partial charge in [-0.25, -0.2) is 0 Å². The van der Waals surface area contributed by atoms with E-state index in [0.29, 0.717) is 0 Å². The Hall–Kier alpha value is -1.73. The minimum Gasteiger partial charge on any atom is -0.252 e. The predicted octanol–water partition coefficient (Wildman–Crippen LogP) is 7.21. The number of benzene rings is 2. The fourth-order valence-corrected chi connectivity index (χ4v) is 3.54. The summed E-state index contributed by atoms with van der Waals surface area (Å²) in [5.41, 5.74) is 9.74. The minimum atomic E-state index is 0. The SMILES string of the molecule is CCC(=N\c1ccc(CC)c(CC)c1)/C(C)=N/c1ccc(CC)c(CC)c1.[Ni]. The van der Waals surface area contributed by atoms with Crippen LogP contribution in [-0.2, 0) is 42.2 Å². The smallest absolute Gasteiger partial charge is 0.0636 e. The van der Waals surface area contributed by atoms with Gasteiger partial charge in [-0.05, 0) is 85.5 Å². The van der Waals surface area contributed by atoms with Gasteiger partial charge in [-0.15, -0.1) is 0 Å². The zero-order valence-corrected chi connectivity index (χ0v) is 19.2. The van der Waals surface area contributed by atoms with Crippen LogP contribution >= 0.6 is 0 Å². The Morgan fingerprint density at radius 1 is 0.643 bits per heavy atom. The van der Waals surface area contributed by atoms with Crippen LogP contribution in [0.3, 0.4) is 0 Å².